The van der Waals surface area contributed by atoms with Crippen LogP contribution in [0.4, 0.5) is 11.4 Å². The molecular weight excluding hydrogens is 576 g/mol. The van der Waals surface area contributed by atoms with Gasteiger partial charge < -0.3 is 24.8 Å². The lowest BCUT2D eigenvalue weighted by Gasteiger charge is -2.11. The van der Waals surface area contributed by atoms with Crippen molar-refractivity contribution in [3.05, 3.63) is 114 Å². The normalized spacial score (nSPS) is 10.5. The van der Waals surface area contributed by atoms with Crippen LogP contribution in [0.25, 0.3) is 0 Å². The third-order valence-electron chi connectivity index (χ3n) is 6.08. The first-order valence-electron chi connectivity index (χ1n) is 14.2. The molecule has 0 saturated heterocycles. The maximum Gasteiger partial charge on any atom is 0.343 e. The molecule has 0 atom stereocenters. The summed E-state index contributed by atoms with van der Waals surface area (Å²) in [6.07, 6.45) is 2.21. The van der Waals surface area contributed by atoms with Crippen LogP contribution in [0.1, 0.15) is 46.5 Å². The summed E-state index contributed by atoms with van der Waals surface area (Å²) in [4.78, 5) is 50.2. The number of carbonyl (C=O) groups excluding carboxylic acids is 4. The Kier molecular flexibility index (Phi) is 11.4. The molecule has 4 aromatic carbocycles. The van der Waals surface area contributed by atoms with Crippen LogP contribution in [0, 0.1) is 0 Å². The number of nitrogens with zero attached hydrogens (tertiary/aromatic N) is 1. The zero-order valence-electron chi connectivity index (χ0n) is 24.7. The average Bonchev–Trinajstić information content (AvgIpc) is 3.06. The molecule has 0 aliphatic heterocycles. The van der Waals surface area contributed by atoms with Crippen molar-refractivity contribution < 1.29 is 33.4 Å². The zero-order valence-corrected chi connectivity index (χ0v) is 24.7. The minimum absolute atomic E-state index is 0.149. The summed E-state index contributed by atoms with van der Waals surface area (Å²) in [5.41, 5.74) is 3.95. The molecular formula is C34H32N4O7. The van der Waals surface area contributed by atoms with Crippen LogP contribution in [0.5, 0.6) is 17.2 Å². The van der Waals surface area contributed by atoms with E-state index >= 15 is 0 Å². The predicted octanol–water partition coefficient (Wildman–Crippen LogP) is 5.43. The van der Waals surface area contributed by atoms with E-state index in [1.54, 1.807) is 84.9 Å². The third kappa shape index (κ3) is 9.52. The summed E-state index contributed by atoms with van der Waals surface area (Å²) in [5, 5.41) is 9.00. The van der Waals surface area contributed by atoms with Gasteiger partial charge in [-0.25, -0.2) is 10.2 Å². The highest BCUT2D eigenvalue weighted by molar-refractivity contribution is 6.40. The molecule has 11 nitrogen and oxygen atoms in total. The van der Waals surface area contributed by atoms with Crippen molar-refractivity contribution in [2.24, 2.45) is 5.10 Å². The number of ether oxygens (including phenoxy) is 3. The summed E-state index contributed by atoms with van der Waals surface area (Å²) in [7, 11) is 0. The molecule has 3 amide bonds. The van der Waals surface area contributed by atoms with Crippen LogP contribution in [-0.2, 0) is 9.59 Å². The van der Waals surface area contributed by atoms with Gasteiger partial charge in [-0.3, -0.25) is 14.4 Å². The lowest BCUT2D eigenvalue weighted by atomic mass is 10.1. The van der Waals surface area contributed by atoms with Crippen molar-refractivity contribution in [1.29, 1.82) is 0 Å². The maximum absolute atomic E-state index is 12.9. The van der Waals surface area contributed by atoms with E-state index in [2.05, 4.69) is 21.2 Å². The molecule has 0 bridgehead atoms. The Morgan fingerprint density at radius 3 is 2.04 bits per heavy atom. The highest BCUT2D eigenvalue weighted by atomic mass is 16.5. The van der Waals surface area contributed by atoms with E-state index in [0.29, 0.717) is 47.3 Å². The molecule has 11 heteroatoms. The van der Waals surface area contributed by atoms with Gasteiger partial charge in [0, 0.05) is 5.69 Å². The van der Waals surface area contributed by atoms with E-state index < -0.39 is 23.7 Å². The van der Waals surface area contributed by atoms with E-state index in [1.807, 2.05) is 13.8 Å². The van der Waals surface area contributed by atoms with Gasteiger partial charge in [0.15, 0.2) is 0 Å². The number of para-hydroxylation sites is 1. The molecule has 230 valence electrons. The van der Waals surface area contributed by atoms with Gasteiger partial charge in [0.25, 0.3) is 5.91 Å². The average molecular weight is 609 g/mol. The van der Waals surface area contributed by atoms with Gasteiger partial charge in [0.05, 0.1) is 36.2 Å². The predicted molar refractivity (Wildman–Crippen MR) is 170 cm³/mol. The second-order valence-electron chi connectivity index (χ2n) is 9.44. The van der Waals surface area contributed by atoms with Gasteiger partial charge in [0.2, 0.25) is 0 Å². The molecule has 45 heavy (non-hydrogen) atoms. The summed E-state index contributed by atoms with van der Waals surface area (Å²) in [6, 6.07) is 26.2. The second kappa shape index (κ2) is 16.0. The molecule has 0 unspecified atom stereocenters. The Balaban J connectivity index is 1.27. The van der Waals surface area contributed by atoms with Crippen LogP contribution in [0.3, 0.4) is 0 Å². The summed E-state index contributed by atoms with van der Waals surface area (Å²) < 4.78 is 16.3. The maximum atomic E-state index is 12.9. The summed E-state index contributed by atoms with van der Waals surface area (Å²) in [5.74, 6) is -1.38. The molecule has 0 aromatic heterocycles. The largest absolute Gasteiger partial charge is 0.494 e. The standard InChI is InChI=1S/C34H32N4O7/c1-3-21-44-27-17-11-24(12-18-27)34(42)45-28-15-9-23(10-16-28)22-35-38-33(41)32(40)37-30-8-6-5-7-29(30)31(39)36-25-13-19-26(20-14-25)43-4-2/h5-20,22H,3-4,21H2,1-2H3,(H,36,39)(H,37,40)(H,38,41)/b35-22+. The molecule has 0 fully saturated rings. The third-order valence-corrected chi connectivity index (χ3v) is 6.08. The number of carbonyl (C=O) groups is 4. The van der Waals surface area contributed by atoms with Gasteiger partial charge in [0.1, 0.15) is 17.2 Å². The number of esters is 1. The smallest absolute Gasteiger partial charge is 0.343 e. The van der Waals surface area contributed by atoms with E-state index in [9.17, 15) is 19.2 Å². The molecule has 0 aliphatic carbocycles. The number of anilines is 2. The Hall–Kier alpha value is -5.97. The highest BCUT2D eigenvalue weighted by Crippen LogP contribution is 2.20. The molecule has 0 saturated carbocycles. The van der Waals surface area contributed by atoms with Crippen LogP contribution in [0.2, 0.25) is 0 Å². The molecule has 3 N–H and O–H groups in total. The van der Waals surface area contributed by atoms with E-state index in [1.165, 1.54) is 18.3 Å². The van der Waals surface area contributed by atoms with Crippen LogP contribution < -0.4 is 30.3 Å². The number of benzene rings is 4. The number of hydrazone groups is 1. The summed E-state index contributed by atoms with van der Waals surface area (Å²) in [6.45, 7) is 5.00. The fourth-order valence-electron chi connectivity index (χ4n) is 3.88. The zero-order chi connectivity index (χ0) is 32.0. The van der Waals surface area contributed by atoms with Crippen molar-refractivity contribution in [2.45, 2.75) is 20.3 Å². The minimum Gasteiger partial charge on any atom is -0.494 e. The first-order valence-corrected chi connectivity index (χ1v) is 14.2. The lowest BCUT2D eigenvalue weighted by Crippen LogP contribution is -2.33. The van der Waals surface area contributed by atoms with E-state index in [-0.39, 0.29) is 11.3 Å². The Labute approximate surface area is 260 Å². The molecule has 0 aliphatic rings. The lowest BCUT2D eigenvalue weighted by molar-refractivity contribution is -0.136. The number of hydrogen-bond acceptors (Lipinski definition) is 8. The van der Waals surface area contributed by atoms with Crippen molar-refractivity contribution in [2.75, 3.05) is 23.8 Å². The fourth-order valence-corrected chi connectivity index (χ4v) is 3.88. The van der Waals surface area contributed by atoms with Crippen LogP contribution in [-0.4, -0.2) is 43.1 Å². The molecule has 0 radical (unpaired) electrons. The molecule has 4 rings (SSSR count). The fraction of sp³-hybridized carbons (Fsp3) is 0.147. The van der Waals surface area contributed by atoms with Crippen molar-refractivity contribution >= 4 is 41.3 Å². The van der Waals surface area contributed by atoms with Gasteiger partial charge in [-0.2, -0.15) is 5.10 Å². The Morgan fingerprint density at radius 2 is 1.36 bits per heavy atom. The highest BCUT2D eigenvalue weighted by Gasteiger charge is 2.18. The van der Waals surface area contributed by atoms with Crippen LogP contribution >= 0.6 is 0 Å². The molecule has 4 aromatic rings. The Morgan fingerprint density at radius 1 is 0.711 bits per heavy atom. The topological polar surface area (TPSA) is 144 Å². The second-order valence-corrected chi connectivity index (χ2v) is 9.44. The Bertz CT molecular complexity index is 1650. The quantitative estimate of drug-likeness (QED) is 0.0639. The number of hydrogen-bond donors (Lipinski definition) is 3. The monoisotopic (exact) mass is 608 g/mol. The van der Waals surface area contributed by atoms with Gasteiger partial charge in [-0.05, 0) is 104 Å². The van der Waals surface area contributed by atoms with Gasteiger partial charge >= 0.3 is 17.8 Å². The molecule has 0 heterocycles. The SMILES string of the molecule is CCCOc1ccc(C(=O)Oc2ccc(/C=N/NC(=O)C(=O)Nc3ccccc3C(=O)Nc3ccc(OCC)cc3)cc2)cc1. The number of nitrogens with one attached hydrogen (secondary N) is 3. The van der Waals surface area contributed by atoms with E-state index in [0.717, 1.165) is 6.42 Å². The van der Waals surface area contributed by atoms with Crippen molar-refractivity contribution in [1.82, 2.24) is 5.43 Å². The van der Waals surface area contributed by atoms with E-state index in [4.69, 9.17) is 14.2 Å². The van der Waals surface area contributed by atoms with Crippen LogP contribution in [0.15, 0.2) is 102 Å². The number of rotatable bonds is 12. The van der Waals surface area contributed by atoms with Gasteiger partial charge in [-0.15, -0.1) is 0 Å². The first kappa shape index (κ1) is 32.0. The van der Waals surface area contributed by atoms with Crippen molar-refractivity contribution in [3.8, 4) is 17.2 Å². The first-order chi connectivity index (χ1) is 21.9. The van der Waals surface area contributed by atoms with Crippen molar-refractivity contribution in [3.63, 3.8) is 0 Å². The molecule has 0 spiro atoms. The number of amides is 3. The van der Waals surface area contributed by atoms with Gasteiger partial charge in [-0.1, -0.05) is 19.1 Å². The summed E-state index contributed by atoms with van der Waals surface area (Å²) >= 11 is 0. The minimum atomic E-state index is -1.04.